The summed E-state index contributed by atoms with van der Waals surface area (Å²) in [4.78, 5) is 16.1. The highest BCUT2D eigenvalue weighted by atomic mass is 32.2. The highest BCUT2D eigenvalue weighted by Gasteiger charge is 2.32. The van der Waals surface area contributed by atoms with Crippen LogP contribution in [0.25, 0.3) is 0 Å². The zero-order valence-electron chi connectivity index (χ0n) is 22.1. The number of sulfonamides is 1. The summed E-state index contributed by atoms with van der Waals surface area (Å²) in [5.74, 6) is -2.07. The maximum atomic E-state index is 14.4. The number of carbonyl (C=O) groups excluding carboxylic acids is 1. The summed E-state index contributed by atoms with van der Waals surface area (Å²) in [6.45, 7) is 4.04. The number of alkyl halides is 3. The molecule has 3 aromatic rings. The van der Waals surface area contributed by atoms with Gasteiger partial charge in [0.1, 0.15) is 11.5 Å². The number of carbonyl (C=O) groups is 1. The minimum Gasteiger partial charge on any atom is -0.360 e. The van der Waals surface area contributed by atoms with Crippen molar-refractivity contribution in [3.8, 4) is 0 Å². The fourth-order valence-electron chi connectivity index (χ4n) is 4.73. The van der Waals surface area contributed by atoms with Gasteiger partial charge in [-0.25, -0.2) is 12.8 Å². The van der Waals surface area contributed by atoms with Crippen LogP contribution in [0.4, 0.5) is 34.6 Å². The van der Waals surface area contributed by atoms with Crippen LogP contribution in [0.3, 0.4) is 0 Å². The van der Waals surface area contributed by atoms with E-state index in [0.717, 1.165) is 30.1 Å². The number of quaternary nitrogens is 1. The maximum absolute atomic E-state index is 14.4. The molecule has 1 aliphatic rings. The first-order valence-electron chi connectivity index (χ1n) is 12.7. The molecule has 1 saturated heterocycles. The van der Waals surface area contributed by atoms with E-state index in [1.54, 1.807) is 6.92 Å². The number of piperazine rings is 1. The predicted molar refractivity (Wildman–Crippen MR) is 146 cm³/mol. The lowest BCUT2D eigenvalue weighted by atomic mass is 9.99. The van der Waals surface area contributed by atoms with Crippen LogP contribution in [0.5, 0.6) is 0 Å². The van der Waals surface area contributed by atoms with Crippen molar-refractivity contribution >= 4 is 33.0 Å². The first kappa shape index (κ1) is 29.3. The Bertz CT molecular complexity index is 1460. The van der Waals surface area contributed by atoms with E-state index < -0.39 is 39.4 Å². The smallest absolute Gasteiger partial charge is 0.360 e. The third kappa shape index (κ3) is 7.30. The third-order valence-electron chi connectivity index (χ3n) is 6.94. The summed E-state index contributed by atoms with van der Waals surface area (Å²) in [5, 5.41) is 2.76. The molecule has 4 rings (SSSR count). The van der Waals surface area contributed by atoms with Gasteiger partial charge in [0.15, 0.2) is 0 Å². The second-order valence-corrected chi connectivity index (χ2v) is 11.6. The van der Waals surface area contributed by atoms with Crippen LogP contribution in [-0.4, -0.2) is 46.8 Å². The number of amides is 1. The molecule has 214 valence electrons. The monoisotopic (exact) mass is 579 g/mol. The first-order valence-corrected chi connectivity index (χ1v) is 14.6. The van der Waals surface area contributed by atoms with E-state index >= 15 is 0 Å². The molecule has 7 nitrogen and oxygen atoms in total. The summed E-state index contributed by atoms with van der Waals surface area (Å²) < 4.78 is 79.9. The number of anilines is 2. The molecule has 3 aromatic carbocycles. The number of hydrogen-bond acceptors (Lipinski definition) is 4. The molecule has 12 heteroatoms. The highest BCUT2D eigenvalue weighted by Crippen LogP contribution is 2.34. The molecule has 1 amide bonds. The molecule has 0 aliphatic carbocycles. The van der Waals surface area contributed by atoms with Gasteiger partial charge in [-0.3, -0.25) is 14.4 Å². The Morgan fingerprint density at radius 2 is 1.70 bits per heavy atom. The van der Waals surface area contributed by atoms with Gasteiger partial charge in [0.2, 0.25) is 15.9 Å². The van der Waals surface area contributed by atoms with Gasteiger partial charge >= 0.3 is 6.18 Å². The van der Waals surface area contributed by atoms with E-state index in [0.29, 0.717) is 43.0 Å². The molecule has 0 radical (unpaired) electrons. The quantitative estimate of drug-likeness (QED) is 0.356. The molecule has 1 heterocycles. The lowest BCUT2D eigenvalue weighted by molar-refractivity contribution is -0.833. The molecule has 1 atom stereocenters. The van der Waals surface area contributed by atoms with E-state index in [1.165, 1.54) is 23.1 Å². The molecular weight excluding hydrogens is 548 g/mol. The Labute approximate surface area is 230 Å². The summed E-state index contributed by atoms with van der Waals surface area (Å²) in [6, 6.07) is 17.2. The molecule has 0 bridgehead atoms. The zero-order valence-corrected chi connectivity index (χ0v) is 22.9. The van der Waals surface area contributed by atoms with E-state index in [9.17, 15) is 30.8 Å². The van der Waals surface area contributed by atoms with Crippen molar-refractivity contribution in [1.29, 1.82) is 0 Å². The van der Waals surface area contributed by atoms with Crippen LogP contribution < -0.4 is 19.8 Å². The SMILES string of the molecule is CC(C(=O)NCc1ccc(C(F)(F)F)cc1N1CC[NH+](c2ccccc2)CC1)c1ccc(NS(C)(=O)=O)c(F)c1. The van der Waals surface area contributed by atoms with Crippen LogP contribution in [0.1, 0.15) is 29.5 Å². The molecule has 40 heavy (non-hydrogen) atoms. The Morgan fingerprint density at radius 3 is 2.30 bits per heavy atom. The number of nitrogens with one attached hydrogen (secondary N) is 3. The van der Waals surface area contributed by atoms with Crippen LogP contribution in [0.15, 0.2) is 66.7 Å². The lowest BCUT2D eigenvalue weighted by Gasteiger charge is -2.35. The van der Waals surface area contributed by atoms with Crippen molar-refractivity contribution in [3.05, 3.63) is 89.2 Å². The predicted octanol–water partition coefficient (Wildman–Crippen LogP) is 3.67. The second kappa shape index (κ2) is 11.8. The number of rotatable bonds is 8. The fraction of sp³-hybridized carbons (Fsp3) is 0.321. The van der Waals surface area contributed by atoms with Crippen molar-refractivity contribution in [1.82, 2.24) is 5.32 Å². The second-order valence-electron chi connectivity index (χ2n) is 9.85. The van der Waals surface area contributed by atoms with Gasteiger partial charge in [-0.05, 0) is 54.4 Å². The summed E-state index contributed by atoms with van der Waals surface area (Å²) in [6.07, 6.45) is -3.61. The molecular formula is C28H31F4N4O3S+. The standard InChI is InChI=1S/C28H30F4N4O3S/c1-19(20-9-11-25(24(29)16-20)34-40(2,38)39)27(37)33-18-21-8-10-22(28(30,31)32)17-26(21)36-14-12-35(13-15-36)23-6-4-3-5-7-23/h3-11,16-17,19,34H,12-15,18H2,1-2H3,(H,33,37)/p+1. The highest BCUT2D eigenvalue weighted by molar-refractivity contribution is 7.92. The lowest BCUT2D eigenvalue weighted by Crippen LogP contribution is -3.10. The molecule has 0 saturated carbocycles. The Kier molecular flexibility index (Phi) is 8.69. The first-order chi connectivity index (χ1) is 18.8. The van der Waals surface area contributed by atoms with E-state index in [1.807, 2.05) is 35.2 Å². The van der Waals surface area contributed by atoms with Crippen molar-refractivity contribution in [3.63, 3.8) is 0 Å². The Morgan fingerprint density at radius 1 is 1.02 bits per heavy atom. The zero-order chi connectivity index (χ0) is 29.1. The van der Waals surface area contributed by atoms with Gasteiger partial charge < -0.3 is 10.2 Å². The largest absolute Gasteiger partial charge is 0.416 e. The number of hydrogen-bond donors (Lipinski definition) is 3. The van der Waals surface area contributed by atoms with Gasteiger partial charge in [-0.1, -0.05) is 30.3 Å². The van der Waals surface area contributed by atoms with Crippen LogP contribution >= 0.6 is 0 Å². The van der Waals surface area contributed by atoms with E-state index in [4.69, 9.17) is 0 Å². The Balaban J connectivity index is 1.48. The average Bonchev–Trinajstić information content (AvgIpc) is 2.91. The van der Waals surface area contributed by atoms with Crippen LogP contribution in [0.2, 0.25) is 0 Å². The molecule has 0 spiro atoms. The van der Waals surface area contributed by atoms with Gasteiger partial charge in [0.05, 0.1) is 49.6 Å². The van der Waals surface area contributed by atoms with Crippen LogP contribution in [0, 0.1) is 5.82 Å². The molecule has 3 N–H and O–H groups in total. The number of para-hydroxylation sites is 1. The molecule has 1 unspecified atom stereocenters. The maximum Gasteiger partial charge on any atom is 0.416 e. The molecule has 1 fully saturated rings. The average molecular weight is 580 g/mol. The minimum absolute atomic E-state index is 0.0153. The molecule has 0 aromatic heterocycles. The summed E-state index contributed by atoms with van der Waals surface area (Å²) in [5.41, 5.74) is 1.41. The third-order valence-corrected chi connectivity index (χ3v) is 7.53. The molecule has 1 aliphatic heterocycles. The van der Waals surface area contributed by atoms with Crippen molar-refractivity contribution in [2.45, 2.75) is 25.6 Å². The fourth-order valence-corrected chi connectivity index (χ4v) is 5.30. The van der Waals surface area contributed by atoms with Crippen molar-refractivity contribution < 1.29 is 35.7 Å². The van der Waals surface area contributed by atoms with E-state index in [-0.39, 0.29) is 12.2 Å². The van der Waals surface area contributed by atoms with Gasteiger partial charge in [-0.15, -0.1) is 0 Å². The normalized spacial score (nSPS) is 15.5. The van der Waals surface area contributed by atoms with Gasteiger partial charge in [-0.2, -0.15) is 13.2 Å². The van der Waals surface area contributed by atoms with E-state index in [2.05, 4.69) is 10.0 Å². The van der Waals surface area contributed by atoms with Crippen LogP contribution in [-0.2, 0) is 27.5 Å². The van der Waals surface area contributed by atoms with Gasteiger partial charge in [0, 0.05) is 12.2 Å². The van der Waals surface area contributed by atoms with Gasteiger partial charge in [0.25, 0.3) is 0 Å². The van der Waals surface area contributed by atoms with Crippen molar-refractivity contribution in [2.75, 3.05) is 42.1 Å². The number of halogens is 4. The summed E-state index contributed by atoms with van der Waals surface area (Å²) >= 11 is 0. The number of nitrogens with zero attached hydrogens (tertiary/aromatic N) is 1. The topological polar surface area (TPSA) is 82.9 Å². The van der Waals surface area contributed by atoms with Crippen molar-refractivity contribution in [2.24, 2.45) is 0 Å². The minimum atomic E-state index is -4.51. The summed E-state index contributed by atoms with van der Waals surface area (Å²) in [7, 11) is -3.68. The number of benzene rings is 3. The Hall–Kier alpha value is -3.64.